The van der Waals surface area contributed by atoms with Crippen molar-refractivity contribution in [2.75, 3.05) is 19.8 Å². The lowest BCUT2D eigenvalue weighted by molar-refractivity contribution is 0.355. The van der Waals surface area contributed by atoms with E-state index in [0.29, 0.717) is 0 Å². The van der Waals surface area contributed by atoms with Crippen molar-refractivity contribution >= 4 is 5.70 Å². The highest BCUT2D eigenvalue weighted by Gasteiger charge is 2.14. The first-order valence-corrected chi connectivity index (χ1v) is 7.45. The number of hydrogen-bond donors (Lipinski definition) is 1. The lowest BCUT2D eigenvalue weighted by Gasteiger charge is -2.31. The number of aryl methyl sites for hydroxylation is 2. The summed E-state index contributed by atoms with van der Waals surface area (Å²) in [6, 6.07) is 6.80. The minimum absolute atomic E-state index is 0.965. The summed E-state index contributed by atoms with van der Waals surface area (Å²) < 4.78 is 0. The van der Waals surface area contributed by atoms with Gasteiger partial charge < -0.3 is 4.90 Å². The van der Waals surface area contributed by atoms with Crippen LogP contribution in [0.3, 0.4) is 0 Å². The van der Waals surface area contributed by atoms with Gasteiger partial charge in [-0.1, -0.05) is 38.0 Å². The van der Waals surface area contributed by atoms with Crippen LogP contribution in [0.25, 0.3) is 5.70 Å². The highest BCUT2D eigenvalue weighted by molar-refractivity contribution is 5.66. The molecule has 0 aliphatic carbocycles. The maximum absolute atomic E-state index is 3.40. The highest BCUT2D eigenvalue weighted by Crippen LogP contribution is 2.23. The van der Waals surface area contributed by atoms with E-state index in [-0.39, 0.29) is 0 Å². The molecule has 1 aliphatic heterocycles. The first kappa shape index (κ1) is 15.8. The van der Waals surface area contributed by atoms with E-state index in [9.17, 15) is 0 Å². The average Bonchev–Trinajstić information content (AvgIpc) is 2.41. The van der Waals surface area contributed by atoms with Gasteiger partial charge in [-0.25, -0.2) is 0 Å². The van der Waals surface area contributed by atoms with Crippen molar-refractivity contribution in [2.24, 2.45) is 0 Å². The molecule has 0 amide bonds. The Kier molecular flexibility index (Phi) is 6.65. The van der Waals surface area contributed by atoms with Gasteiger partial charge >= 0.3 is 0 Å². The van der Waals surface area contributed by atoms with Crippen molar-refractivity contribution in [3.05, 3.63) is 41.0 Å². The molecule has 0 spiro atoms. The minimum Gasteiger partial charge on any atom is -0.358 e. The Morgan fingerprint density at radius 2 is 1.74 bits per heavy atom. The Hall–Kier alpha value is -1.28. The van der Waals surface area contributed by atoms with Gasteiger partial charge in [0.2, 0.25) is 0 Å². The third-order valence-electron chi connectivity index (χ3n) is 3.09. The summed E-state index contributed by atoms with van der Waals surface area (Å²) >= 11 is 0. The van der Waals surface area contributed by atoms with Gasteiger partial charge in [-0.3, -0.25) is 5.32 Å². The van der Waals surface area contributed by atoms with E-state index in [1.165, 1.54) is 28.8 Å². The fourth-order valence-electron chi connectivity index (χ4n) is 2.48. The van der Waals surface area contributed by atoms with Gasteiger partial charge in [0.05, 0.1) is 6.67 Å². The van der Waals surface area contributed by atoms with Crippen molar-refractivity contribution in [3.63, 3.8) is 0 Å². The van der Waals surface area contributed by atoms with Crippen LogP contribution in [0.2, 0.25) is 0 Å². The Labute approximate surface area is 118 Å². The smallest absolute Gasteiger partial charge is 0.0684 e. The molecule has 0 saturated heterocycles. The van der Waals surface area contributed by atoms with E-state index in [0.717, 1.165) is 19.8 Å². The van der Waals surface area contributed by atoms with Gasteiger partial charge in [-0.05, 0) is 44.0 Å². The predicted molar refractivity (Wildman–Crippen MR) is 85.1 cm³/mol. The van der Waals surface area contributed by atoms with Gasteiger partial charge in [0.1, 0.15) is 0 Å². The molecule has 106 valence electrons. The molecule has 0 atom stereocenters. The maximum atomic E-state index is 3.40. The molecular weight excluding hydrogens is 232 g/mol. The predicted octanol–water partition coefficient (Wildman–Crippen LogP) is 3.94. The van der Waals surface area contributed by atoms with Crippen LogP contribution in [0.4, 0.5) is 0 Å². The van der Waals surface area contributed by atoms with Crippen molar-refractivity contribution in [2.45, 2.75) is 41.0 Å². The quantitative estimate of drug-likeness (QED) is 0.885. The molecule has 0 bridgehead atoms. The zero-order chi connectivity index (χ0) is 14.3. The molecule has 19 heavy (non-hydrogen) atoms. The molecule has 1 aromatic carbocycles. The Morgan fingerprint density at radius 1 is 1.11 bits per heavy atom. The third-order valence-corrected chi connectivity index (χ3v) is 3.09. The summed E-state index contributed by atoms with van der Waals surface area (Å²) in [6.07, 6.45) is 3.48. The van der Waals surface area contributed by atoms with Gasteiger partial charge in [0.15, 0.2) is 0 Å². The molecule has 1 aromatic rings. The number of nitrogens with zero attached hydrogens (tertiary/aromatic N) is 1. The van der Waals surface area contributed by atoms with Crippen LogP contribution in [-0.4, -0.2) is 24.7 Å². The van der Waals surface area contributed by atoms with Crippen LogP contribution in [0, 0.1) is 13.8 Å². The first-order valence-electron chi connectivity index (χ1n) is 7.45. The Morgan fingerprint density at radius 3 is 2.32 bits per heavy atom. The van der Waals surface area contributed by atoms with Crippen molar-refractivity contribution < 1.29 is 0 Å². The van der Waals surface area contributed by atoms with E-state index in [1.54, 1.807) is 0 Å². The van der Waals surface area contributed by atoms with Crippen LogP contribution in [0.5, 0.6) is 0 Å². The second-order valence-corrected chi connectivity index (χ2v) is 4.84. The summed E-state index contributed by atoms with van der Waals surface area (Å²) in [4.78, 5) is 2.43. The standard InChI is InChI=1S/C15H22N2.C2H6/c1-4-7-17-11-16-6-5-15(17)14-9-12(2)8-13(3)10-14;1-2/h5,8-10,16H,4,6-7,11H2,1-3H3;1-2H3. The van der Waals surface area contributed by atoms with Crippen molar-refractivity contribution in [1.82, 2.24) is 10.2 Å². The SMILES string of the molecule is CC.CCCN1CNCC=C1c1cc(C)cc(C)c1. The van der Waals surface area contributed by atoms with Crippen LogP contribution in [0.15, 0.2) is 24.3 Å². The van der Waals surface area contributed by atoms with E-state index in [4.69, 9.17) is 0 Å². The second-order valence-electron chi connectivity index (χ2n) is 4.84. The normalized spacial score (nSPS) is 14.6. The van der Waals surface area contributed by atoms with E-state index in [1.807, 2.05) is 13.8 Å². The zero-order valence-electron chi connectivity index (χ0n) is 13.1. The first-order chi connectivity index (χ1) is 9.20. The lowest BCUT2D eigenvalue weighted by atomic mass is 10.0. The number of hydrogen-bond acceptors (Lipinski definition) is 2. The number of rotatable bonds is 3. The number of nitrogens with one attached hydrogen (secondary N) is 1. The fourth-order valence-corrected chi connectivity index (χ4v) is 2.48. The molecule has 0 unspecified atom stereocenters. The van der Waals surface area contributed by atoms with E-state index >= 15 is 0 Å². The average molecular weight is 260 g/mol. The molecule has 0 aromatic heterocycles. The van der Waals surface area contributed by atoms with Gasteiger partial charge in [0.25, 0.3) is 0 Å². The number of benzene rings is 1. The minimum atomic E-state index is 0.965. The molecule has 0 fully saturated rings. The molecule has 1 aliphatic rings. The van der Waals surface area contributed by atoms with Crippen LogP contribution >= 0.6 is 0 Å². The molecule has 1 N–H and O–H groups in total. The van der Waals surface area contributed by atoms with Crippen LogP contribution < -0.4 is 5.32 Å². The molecule has 2 heteroatoms. The Balaban J connectivity index is 0.000000861. The summed E-state index contributed by atoms with van der Waals surface area (Å²) in [6.45, 7) is 13.6. The monoisotopic (exact) mass is 260 g/mol. The highest BCUT2D eigenvalue weighted by atomic mass is 15.2. The van der Waals surface area contributed by atoms with E-state index in [2.05, 4.69) is 55.3 Å². The van der Waals surface area contributed by atoms with Crippen LogP contribution in [0.1, 0.15) is 43.9 Å². The second kappa shape index (κ2) is 8.00. The van der Waals surface area contributed by atoms with Gasteiger partial charge in [-0.2, -0.15) is 0 Å². The summed E-state index contributed by atoms with van der Waals surface area (Å²) in [5.74, 6) is 0. The Bertz CT molecular complexity index is 401. The van der Waals surface area contributed by atoms with Gasteiger partial charge in [-0.15, -0.1) is 0 Å². The maximum Gasteiger partial charge on any atom is 0.0684 e. The fraction of sp³-hybridized carbons (Fsp3) is 0.529. The third kappa shape index (κ3) is 4.39. The summed E-state index contributed by atoms with van der Waals surface area (Å²) in [7, 11) is 0. The zero-order valence-corrected chi connectivity index (χ0v) is 13.1. The summed E-state index contributed by atoms with van der Waals surface area (Å²) in [5, 5.41) is 3.40. The largest absolute Gasteiger partial charge is 0.358 e. The molecule has 0 saturated carbocycles. The molecule has 2 rings (SSSR count). The van der Waals surface area contributed by atoms with E-state index < -0.39 is 0 Å². The molecule has 1 heterocycles. The lowest BCUT2D eigenvalue weighted by Crippen LogP contribution is -2.37. The van der Waals surface area contributed by atoms with Crippen molar-refractivity contribution in [1.29, 1.82) is 0 Å². The molecule has 0 radical (unpaired) electrons. The molecular formula is C17H28N2. The molecule has 2 nitrogen and oxygen atoms in total. The summed E-state index contributed by atoms with van der Waals surface area (Å²) in [5.41, 5.74) is 5.43. The topological polar surface area (TPSA) is 15.3 Å². The van der Waals surface area contributed by atoms with Crippen LogP contribution in [-0.2, 0) is 0 Å². The van der Waals surface area contributed by atoms with Gasteiger partial charge in [0, 0.05) is 18.8 Å². The van der Waals surface area contributed by atoms with Crippen molar-refractivity contribution in [3.8, 4) is 0 Å².